The van der Waals surface area contributed by atoms with Crippen LogP contribution in [0, 0.1) is 0 Å². The lowest BCUT2D eigenvalue weighted by Gasteiger charge is -2.17. The van der Waals surface area contributed by atoms with Gasteiger partial charge in [0.25, 0.3) is 0 Å². The van der Waals surface area contributed by atoms with E-state index in [-0.39, 0.29) is 6.03 Å². The molecule has 0 aromatic heterocycles. The Morgan fingerprint density at radius 3 is 2.44 bits per heavy atom. The van der Waals surface area contributed by atoms with Crippen molar-refractivity contribution in [2.24, 2.45) is 0 Å². The van der Waals surface area contributed by atoms with Crippen molar-refractivity contribution in [2.45, 2.75) is 45.6 Å². The van der Waals surface area contributed by atoms with Gasteiger partial charge >= 0.3 is 6.03 Å². The largest absolute Gasteiger partial charge is 0.337 e. The molecule has 1 atom stereocenters. The van der Waals surface area contributed by atoms with E-state index in [9.17, 15) is 4.79 Å². The van der Waals surface area contributed by atoms with Gasteiger partial charge in [-0.3, -0.25) is 0 Å². The Kier molecular flexibility index (Phi) is 9.00. The fourth-order valence-electron chi connectivity index (χ4n) is 1.50. The number of urea groups is 1. The molecule has 0 aliphatic rings. The SMILES string of the molecule is CCCCC(CC)NCCNC(=O)N(C)C. The number of nitrogens with zero attached hydrogens (tertiary/aromatic N) is 1. The third kappa shape index (κ3) is 7.51. The first kappa shape index (κ1) is 15.2. The highest BCUT2D eigenvalue weighted by Gasteiger charge is 2.05. The minimum atomic E-state index is -0.0246. The lowest BCUT2D eigenvalue weighted by Crippen LogP contribution is -2.40. The molecule has 0 saturated heterocycles. The van der Waals surface area contributed by atoms with Crippen LogP contribution in [0.2, 0.25) is 0 Å². The van der Waals surface area contributed by atoms with E-state index in [4.69, 9.17) is 0 Å². The predicted octanol–water partition coefficient (Wildman–Crippen LogP) is 1.82. The van der Waals surface area contributed by atoms with E-state index in [2.05, 4.69) is 24.5 Å². The lowest BCUT2D eigenvalue weighted by molar-refractivity contribution is 0.217. The van der Waals surface area contributed by atoms with Gasteiger partial charge in [0.1, 0.15) is 0 Å². The van der Waals surface area contributed by atoms with E-state index in [1.165, 1.54) is 19.3 Å². The summed E-state index contributed by atoms with van der Waals surface area (Å²) >= 11 is 0. The summed E-state index contributed by atoms with van der Waals surface area (Å²) in [6.45, 7) is 5.96. The van der Waals surface area contributed by atoms with Crippen LogP contribution >= 0.6 is 0 Å². The smallest absolute Gasteiger partial charge is 0.316 e. The van der Waals surface area contributed by atoms with Gasteiger partial charge in [-0.25, -0.2) is 4.79 Å². The second kappa shape index (κ2) is 9.46. The van der Waals surface area contributed by atoms with Crippen molar-refractivity contribution in [2.75, 3.05) is 27.2 Å². The van der Waals surface area contributed by atoms with Crippen LogP contribution < -0.4 is 10.6 Å². The Balaban J connectivity index is 3.51. The zero-order valence-electron chi connectivity index (χ0n) is 11.2. The van der Waals surface area contributed by atoms with Crippen molar-refractivity contribution >= 4 is 6.03 Å². The van der Waals surface area contributed by atoms with Crippen LogP contribution in [0.4, 0.5) is 4.79 Å². The number of hydrogen-bond donors (Lipinski definition) is 2. The number of rotatable bonds is 8. The molecule has 1 unspecified atom stereocenters. The van der Waals surface area contributed by atoms with Crippen LogP contribution in [0.15, 0.2) is 0 Å². The zero-order valence-corrected chi connectivity index (χ0v) is 11.2. The maximum absolute atomic E-state index is 11.2. The van der Waals surface area contributed by atoms with Crippen LogP contribution in [0.3, 0.4) is 0 Å². The Labute approximate surface area is 99.8 Å². The molecule has 2 N–H and O–H groups in total. The van der Waals surface area contributed by atoms with Crippen LogP contribution in [0.1, 0.15) is 39.5 Å². The minimum Gasteiger partial charge on any atom is -0.337 e. The minimum absolute atomic E-state index is 0.0246. The number of carbonyl (C=O) groups is 1. The van der Waals surface area contributed by atoms with E-state index < -0.39 is 0 Å². The molecule has 0 spiro atoms. The molecule has 0 rings (SSSR count). The summed E-state index contributed by atoms with van der Waals surface area (Å²) in [5, 5.41) is 6.31. The van der Waals surface area contributed by atoms with E-state index in [0.717, 1.165) is 13.0 Å². The van der Waals surface area contributed by atoms with Crippen molar-refractivity contribution < 1.29 is 4.79 Å². The number of nitrogens with one attached hydrogen (secondary N) is 2. The molecule has 0 fully saturated rings. The average Bonchev–Trinajstić information content (AvgIpc) is 2.27. The fraction of sp³-hybridized carbons (Fsp3) is 0.917. The Morgan fingerprint density at radius 1 is 1.25 bits per heavy atom. The van der Waals surface area contributed by atoms with Gasteiger partial charge in [-0.15, -0.1) is 0 Å². The standard InChI is InChI=1S/C12H27N3O/c1-5-7-8-11(6-2)13-9-10-14-12(16)15(3)4/h11,13H,5-10H2,1-4H3,(H,14,16). The van der Waals surface area contributed by atoms with Gasteiger partial charge in [0.2, 0.25) is 0 Å². The van der Waals surface area contributed by atoms with Crippen molar-refractivity contribution in [1.82, 2.24) is 15.5 Å². The van der Waals surface area contributed by atoms with Gasteiger partial charge in [-0.2, -0.15) is 0 Å². The molecule has 0 heterocycles. The molecule has 4 heteroatoms. The van der Waals surface area contributed by atoms with Crippen molar-refractivity contribution in [1.29, 1.82) is 0 Å². The summed E-state index contributed by atoms with van der Waals surface area (Å²) in [7, 11) is 3.50. The molecule has 96 valence electrons. The van der Waals surface area contributed by atoms with Crippen molar-refractivity contribution in [3.8, 4) is 0 Å². The van der Waals surface area contributed by atoms with E-state index in [1.807, 2.05) is 0 Å². The van der Waals surface area contributed by atoms with Crippen LogP contribution in [0.25, 0.3) is 0 Å². The summed E-state index contributed by atoms with van der Waals surface area (Å²) in [5.41, 5.74) is 0. The van der Waals surface area contributed by atoms with Gasteiger partial charge in [-0.1, -0.05) is 26.7 Å². The average molecular weight is 229 g/mol. The molecular weight excluding hydrogens is 202 g/mol. The molecule has 0 aromatic carbocycles. The number of amides is 2. The Bertz CT molecular complexity index is 183. The normalized spacial score (nSPS) is 12.2. The highest BCUT2D eigenvalue weighted by Crippen LogP contribution is 2.03. The summed E-state index contributed by atoms with van der Waals surface area (Å²) in [4.78, 5) is 12.8. The number of hydrogen-bond acceptors (Lipinski definition) is 2. The van der Waals surface area contributed by atoms with Crippen LogP contribution in [-0.4, -0.2) is 44.2 Å². The second-order valence-electron chi connectivity index (χ2n) is 4.33. The molecule has 0 aliphatic carbocycles. The molecule has 4 nitrogen and oxygen atoms in total. The van der Waals surface area contributed by atoms with Crippen molar-refractivity contribution in [3.05, 3.63) is 0 Å². The highest BCUT2D eigenvalue weighted by atomic mass is 16.2. The maximum atomic E-state index is 11.2. The van der Waals surface area contributed by atoms with Gasteiger partial charge in [0, 0.05) is 33.2 Å². The summed E-state index contributed by atoms with van der Waals surface area (Å²) in [5.74, 6) is 0. The topological polar surface area (TPSA) is 44.4 Å². The quantitative estimate of drug-likeness (QED) is 0.624. The molecule has 0 saturated carbocycles. The van der Waals surface area contributed by atoms with E-state index >= 15 is 0 Å². The Hall–Kier alpha value is -0.770. The van der Waals surface area contributed by atoms with Gasteiger partial charge in [0.05, 0.1) is 0 Å². The second-order valence-corrected chi connectivity index (χ2v) is 4.33. The first-order valence-corrected chi connectivity index (χ1v) is 6.30. The molecule has 0 aromatic rings. The Morgan fingerprint density at radius 2 is 1.94 bits per heavy atom. The van der Waals surface area contributed by atoms with Crippen LogP contribution in [-0.2, 0) is 0 Å². The zero-order chi connectivity index (χ0) is 12.4. The number of carbonyl (C=O) groups excluding carboxylic acids is 1. The predicted molar refractivity (Wildman–Crippen MR) is 68.7 cm³/mol. The van der Waals surface area contributed by atoms with Gasteiger partial charge in [0.15, 0.2) is 0 Å². The van der Waals surface area contributed by atoms with E-state index in [0.29, 0.717) is 12.6 Å². The highest BCUT2D eigenvalue weighted by molar-refractivity contribution is 5.73. The molecule has 16 heavy (non-hydrogen) atoms. The molecule has 0 aliphatic heterocycles. The molecular formula is C12H27N3O. The molecule has 0 bridgehead atoms. The maximum Gasteiger partial charge on any atom is 0.316 e. The van der Waals surface area contributed by atoms with E-state index in [1.54, 1.807) is 19.0 Å². The van der Waals surface area contributed by atoms with Crippen LogP contribution in [0.5, 0.6) is 0 Å². The van der Waals surface area contributed by atoms with Gasteiger partial charge in [-0.05, 0) is 12.8 Å². The molecule has 0 radical (unpaired) electrons. The first-order chi connectivity index (χ1) is 7.61. The fourth-order valence-corrected chi connectivity index (χ4v) is 1.50. The summed E-state index contributed by atoms with van der Waals surface area (Å²) in [6.07, 6.45) is 4.90. The summed E-state index contributed by atoms with van der Waals surface area (Å²) in [6, 6.07) is 0.569. The number of unbranched alkanes of at least 4 members (excludes halogenated alkanes) is 1. The lowest BCUT2D eigenvalue weighted by atomic mass is 10.1. The molecule has 2 amide bonds. The summed E-state index contributed by atoms with van der Waals surface area (Å²) < 4.78 is 0. The van der Waals surface area contributed by atoms with Gasteiger partial charge < -0.3 is 15.5 Å². The first-order valence-electron chi connectivity index (χ1n) is 6.30. The monoisotopic (exact) mass is 229 g/mol. The van der Waals surface area contributed by atoms with Crippen molar-refractivity contribution in [3.63, 3.8) is 0 Å². The third-order valence-electron chi connectivity index (χ3n) is 2.64. The third-order valence-corrected chi connectivity index (χ3v) is 2.64.